The van der Waals surface area contributed by atoms with Gasteiger partial charge in [0.1, 0.15) is 18.9 Å². The van der Waals surface area contributed by atoms with Gasteiger partial charge in [-0.05, 0) is 49.9 Å². The van der Waals surface area contributed by atoms with Gasteiger partial charge >= 0.3 is 6.09 Å². The van der Waals surface area contributed by atoms with E-state index in [4.69, 9.17) is 9.47 Å². The monoisotopic (exact) mass is 381 g/mol. The van der Waals surface area contributed by atoms with E-state index >= 15 is 0 Å². The molecular weight excluding hydrogens is 354 g/mol. The first-order valence-electron chi connectivity index (χ1n) is 9.55. The van der Waals surface area contributed by atoms with Gasteiger partial charge < -0.3 is 19.6 Å². The molecule has 0 radical (unpaired) electrons. The molecular formula is C23H27NO4. The minimum absolute atomic E-state index is 0.0175. The van der Waals surface area contributed by atoms with Crippen molar-refractivity contribution in [3.63, 3.8) is 0 Å². The molecule has 1 N–H and O–H groups in total. The number of benzene rings is 2. The molecule has 0 spiro atoms. The van der Waals surface area contributed by atoms with Gasteiger partial charge in [0.05, 0.1) is 11.7 Å². The molecule has 0 aromatic heterocycles. The molecule has 0 unspecified atom stereocenters. The van der Waals surface area contributed by atoms with E-state index in [1.54, 1.807) is 6.92 Å². The predicted molar refractivity (Wildman–Crippen MR) is 108 cm³/mol. The highest BCUT2D eigenvalue weighted by atomic mass is 16.6. The summed E-state index contributed by atoms with van der Waals surface area (Å²) in [5.74, 6) is -0.0175. The molecule has 3 rings (SSSR count). The maximum atomic E-state index is 12.3. The zero-order valence-corrected chi connectivity index (χ0v) is 16.8. The highest BCUT2D eigenvalue weighted by Gasteiger charge is 2.30. The molecule has 5 nitrogen and oxygen atoms in total. The topological polar surface area (TPSA) is 64.6 Å². The Kier molecular flexibility index (Phi) is 5.84. The van der Waals surface area contributed by atoms with Crippen LogP contribution in [0.25, 0.3) is 11.1 Å². The molecule has 1 aliphatic carbocycles. The van der Waals surface area contributed by atoms with E-state index in [-0.39, 0.29) is 12.5 Å². The Balaban J connectivity index is 1.65. The zero-order chi connectivity index (χ0) is 20.3. The third-order valence-electron chi connectivity index (χ3n) is 4.82. The molecule has 2 atom stereocenters. The molecule has 2 aromatic carbocycles. The fourth-order valence-corrected chi connectivity index (χ4v) is 3.67. The molecule has 1 amide bonds. The van der Waals surface area contributed by atoms with Crippen molar-refractivity contribution >= 4 is 12.4 Å². The Morgan fingerprint density at radius 3 is 2.11 bits per heavy atom. The number of carbonyl (C=O) groups excluding carboxylic acids is 2. The smallest absolute Gasteiger partial charge is 0.407 e. The van der Waals surface area contributed by atoms with E-state index in [9.17, 15) is 9.59 Å². The molecule has 148 valence electrons. The molecule has 0 saturated carbocycles. The van der Waals surface area contributed by atoms with Gasteiger partial charge in [0.15, 0.2) is 0 Å². The third-order valence-corrected chi connectivity index (χ3v) is 4.82. The lowest BCUT2D eigenvalue weighted by Crippen LogP contribution is -2.47. The van der Waals surface area contributed by atoms with Crippen LogP contribution in [0, 0.1) is 0 Å². The van der Waals surface area contributed by atoms with E-state index in [1.165, 1.54) is 11.1 Å². The molecule has 0 bridgehead atoms. The van der Waals surface area contributed by atoms with Crippen LogP contribution in [-0.2, 0) is 14.3 Å². The fraction of sp³-hybridized carbons (Fsp3) is 0.391. The van der Waals surface area contributed by atoms with Crippen LogP contribution in [0.2, 0.25) is 0 Å². The molecule has 5 heteroatoms. The van der Waals surface area contributed by atoms with Gasteiger partial charge in [-0.3, -0.25) is 0 Å². The quantitative estimate of drug-likeness (QED) is 0.758. The van der Waals surface area contributed by atoms with Crippen LogP contribution in [0.4, 0.5) is 4.79 Å². The van der Waals surface area contributed by atoms with Crippen molar-refractivity contribution < 1.29 is 19.1 Å². The Morgan fingerprint density at radius 1 is 1.07 bits per heavy atom. The van der Waals surface area contributed by atoms with Crippen LogP contribution in [0.3, 0.4) is 0 Å². The zero-order valence-electron chi connectivity index (χ0n) is 16.8. The average Bonchev–Trinajstić information content (AvgIpc) is 2.97. The first-order chi connectivity index (χ1) is 13.3. The standard InChI is InChI=1S/C23H27NO4/c1-15(28-23(2,3)4)21(13-25)24-22(26)27-14-20-18-11-7-5-9-16(18)17-10-6-8-12-19(17)20/h5-13,15,20-21H,14H2,1-4H3,(H,24,26)/t15-,21-/m1/s1. The number of hydrogen-bond donors (Lipinski definition) is 1. The summed E-state index contributed by atoms with van der Waals surface area (Å²) in [7, 11) is 0. The van der Waals surface area contributed by atoms with Gasteiger partial charge in [-0.2, -0.15) is 0 Å². The van der Waals surface area contributed by atoms with Gasteiger partial charge in [0.25, 0.3) is 0 Å². The number of aldehydes is 1. The molecule has 28 heavy (non-hydrogen) atoms. The van der Waals surface area contributed by atoms with Gasteiger partial charge in [-0.25, -0.2) is 4.79 Å². The largest absolute Gasteiger partial charge is 0.449 e. The summed E-state index contributed by atoms with van der Waals surface area (Å²) in [6.07, 6.45) is -0.404. The predicted octanol–water partition coefficient (Wildman–Crippen LogP) is 4.30. The van der Waals surface area contributed by atoms with Crippen LogP contribution >= 0.6 is 0 Å². The number of nitrogens with one attached hydrogen (secondary N) is 1. The average molecular weight is 381 g/mol. The number of carbonyl (C=O) groups is 2. The number of rotatable bonds is 6. The van der Waals surface area contributed by atoms with Gasteiger partial charge in [-0.15, -0.1) is 0 Å². The summed E-state index contributed by atoms with van der Waals surface area (Å²) < 4.78 is 11.2. The van der Waals surface area contributed by atoms with E-state index in [0.29, 0.717) is 6.29 Å². The van der Waals surface area contributed by atoms with Crippen molar-refractivity contribution in [3.8, 4) is 11.1 Å². The van der Waals surface area contributed by atoms with E-state index in [1.807, 2.05) is 45.0 Å². The summed E-state index contributed by atoms with van der Waals surface area (Å²) in [6.45, 7) is 7.67. The van der Waals surface area contributed by atoms with Crippen molar-refractivity contribution in [1.29, 1.82) is 0 Å². The fourth-order valence-electron chi connectivity index (χ4n) is 3.67. The lowest BCUT2D eigenvalue weighted by Gasteiger charge is -2.28. The molecule has 0 heterocycles. The van der Waals surface area contributed by atoms with E-state index in [2.05, 4.69) is 29.6 Å². The molecule has 0 fully saturated rings. The summed E-state index contributed by atoms with van der Waals surface area (Å²) in [6, 6.07) is 15.5. The summed E-state index contributed by atoms with van der Waals surface area (Å²) >= 11 is 0. The van der Waals surface area contributed by atoms with Gasteiger partial charge in [0, 0.05) is 5.92 Å². The molecule has 0 saturated heterocycles. The Morgan fingerprint density at radius 2 is 1.61 bits per heavy atom. The van der Waals surface area contributed by atoms with Crippen LogP contribution in [0.5, 0.6) is 0 Å². The van der Waals surface area contributed by atoms with Gasteiger partial charge in [0.2, 0.25) is 0 Å². The normalized spacial score (nSPS) is 15.3. The van der Waals surface area contributed by atoms with Crippen molar-refractivity contribution in [1.82, 2.24) is 5.32 Å². The summed E-state index contributed by atoms with van der Waals surface area (Å²) in [5, 5.41) is 2.61. The number of ether oxygens (including phenoxy) is 2. The maximum absolute atomic E-state index is 12.3. The summed E-state index contributed by atoms with van der Waals surface area (Å²) in [5.41, 5.74) is 4.22. The number of alkyl carbamates (subject to hydrolysis) is 1. The second-order valence-electron chi connectivity index (χ2n) is 8.07. The highest BCUT2D eigenvalue weighted by Crippen LogP contribution is 2.44. The van der Waals surface area contributed by atoms with Gasteiger partial charge in [-0.1, -0.05) is 48.5 Å². The lowest BCUT2D eigenvalue weighted by molar-refractivity contribution is -0.117. The number of amides is 1. The Labute approximate surface area is 166 Å². The Bertz CT molecular complexity index is 810. The molecule has 2 aromatic rings. The lowest BCUT2D eigenvalue weighted by atomic mass is 9.98. The van der Waals surface area contributed by atoms with Crippen LogP contribution < -0.4 is 5.32 Å². The second-order valence-corrected chi connectivity index (χ2v) is 8.07. The number of fused-ring (bicyclic) bond motifs is 3. The van der Waals surface area contributed by atoms with Crippen molar-refractivity contribution in [2.45, 2.75) is 51.4 Å². The Hall–Kier alpha value is -2.66. The maximum Gasteiger partial charge on any atom is 0.407 e. The van der Waals surface area contributed by atoms with E-state index in [0.717, 1.165) is 11.1 Å². The second kappa shape index (κ2) is 8.15. The van der Waals surface area contributed by atoms with Crippen LogP contribution in [0.15, 0.2) is 48.5 Å². The first kappa shape index (κ1) is 20.1. The SMILES string of the molecule is C[C@@H](OC(C)(C)C)[C@@H](C=O)NC(=O)OCC1c2ccccc2-c2ccccc21. The van der Waals surface area contributed by atoms with E-state index < -0.39 is 23.8 Å². The van der Waals surface area contributed by atoms with Crippen LogP contribution in [0.1, 0.15) is 44.7 Å². The third kappa shape index (κ3) is 4.42. The van der Waals surface area contributed by atoms with Crippen LogP contribution in [-0.4, -0.2) is 36.7 Å². The minimum Gasteiger partial charge on any atom is -0.449 e. The molecule has 0 aliphatic heterocycles. The first-order valence-corrected chi connectivity index (χ1v) is 9.55. The molecule has 1 aliphatic rings. The van der Waals surface area contributed by atoms with Crippen molar-refractivity contribution in [3.05, 3.63) is 59.7 Å². The summed E-state index contributed by atoms with van der Waals surface area (Å²) in [4.78, 5) is 23.7. The minimum atomic E-state index is -0.769. The highest BCUT2D eigenvalue weighted by molar-refractivity contribution is 5.79. The number of hydrogen-bond acceptors (Lipinski definition) is 4. The van der Waals surface area contributed by atoms with Crippen molar-refractivity contribution in [2.24, 2.45) is 0 Å². The van der Waals surface area contributed by atoms with Crippen molar-refractivity contribution in [2.75, 3.05) is 6.61 Å².